The molecule has 0 aromatic heterocycles. The van der Waals surface area contributed by atoms with Crippen molar-refractivity contribution in [1.29, 1.82) is 0 Å². The second-order valence-corrected chi connectivity index (χ2v) is 19.1. The number of hydrogen-bond donors (Lipinski definition) is 6. The van der Waals surface area contributed by atoms with Crippen molar-refractivity contribution >= 4 is 17.5 Å². The summed E-state index contributed by atoms with van der Waals surface area (Å²) in [4.78, 5) is 45.3. The Bertz CT molecular complexity index is 1430. The van der Waals surface area contributed by atoms with Gasteiger partial charge >= 0.3 is 5.97 Å². The normalized spacial score (nSPS) is 37.7. The lowest BCUT2D eigenvalue weighted by atomic mass is 9.56. The zero-order chi connectivity index (χ0) is 40.0. The molecule has 56 heavy (non-hydrogen) atoms. The van der Waals surface area contributed by atoms with E-state index in [2.05, 4.69) is 61.2 Å². The number of aliphatic hydroxyl groups is 2. The molecule has 5 fully saturated rings. The molecule has 2 heterocycles. The average Bonchev–Trinajstić information content (AvgIpc) is 3.90. The zero-order valence-electron chi connectivity index (χ0n) is 35.3. The minimum absolute atomic E-state index is 0.0105. The van der Waals surface area contributed by atoms with Gasteiger partial charge in [0.1, 0.15) is 18.9 Å². The number of hydrogen-bond acceptors (Lipinski definition) is 8. The number of ether oxygens (including phenoxy) is 2. The number of rotatable bonds is 19. The fourth-order valence-corrected chi connectivity index (χ4v) is 12.1. The number of carbonyl (C=O) groups excluding carboxylic acids is 3. The third-order valence-corrected chi connectivity index (χ3v) is 15.0. The second-order valence-electron chi connectivity index (χ2n) is 19.1. The molecule has 6 aliphatic rings. The van der Waals surface area contributed by atoms with Crippen molar-refractivity contribution in [2.75, 3.05) is 40.0 Å². The first-order valence-electron chi connectivity index (χ1n) is 22.8. The molecule has 0 spiro atoms. The molecule has 316 valence electrons. The van der Waals surface area contributed by atoms with Gasteiger partial charge in [0, 0.05) is 43.6 Å². The molecule has 0 aromatic rings. The van der Waals surface area contributed by atoms with E-state index < -0.39 is 35.1 Å². The lowest BCUT2D eigenvalue weighted by Crippen LogP contribution is -2.97. The first-order valence-corrected chi connectivity index (χ1v) is 22.8. The first-order chi connectivity index (χ1) is 27.0. The summed E-state index contributed by atoms with van der Waals surface area (Å²) >= 11 is 0. The van der Waals surface area contributed by atoms with Crippen LogP contribution in [0.4, 0.5) is 0 Å². The van der Waals surface area contributed by atoms with E-state index in [1.165, 1.54) is 0 Å². The highest BCUT2D eigenvalue weighted by atomic mass is 16.7. The van der Waals surface area contributed by atoms with Crippen molar-refractivity contribution in [2.24, 2.45) is 47.3 Å². The summed E-state index contributed by atoms with van der Waals surface area (Å²) in [7, 11) is 2.06. The summed E-state index contributed by atoms with van der Waals surface area (Å²) in [6.45, 7) is 11.1. The number of esters is 1. The Morgan fingerprint density at radius 2 is 1.95 bits per heavy atom. The van der Waals surface area contributed by atoms with Crippen LogP contribution in [-0.2, 0) is 23.9 Å². The number of nitrogens with one attached hydrogen (secondary N) is 1. The molecule has 12 unspecified atom stereocenters. The Balaban J connectivity index is 1.29. The molecule has 12 atom stereocenters. The Labute approximate surface area is 336 Å². The summed E-state index contributed by atoms with van der Waals surface area (Å²) in [5, 5.41) is 31.4. The molecule has 4 aliphatic carbocycles. The van der Waals surface area contributed by atoms with E-state index in [1.807, 2.05) is 6.92 Å². The first kappa shape index (κ1) is 43.6. The lowest BCUT2D eigenvalue weighted by Gasteiger charge is -2.44. The van der Waals surface area contributed by atoms with Gasteiger partial charge < -0.3 is 35.6 Å². The third-order valence-electron chi connectivity index (χ3n) is 15.0. The van der Waals surface area contributed by atoms with Gasteiger partial charge in [-0.3, -0.25) is 9.59 Å². The molecule has 2 saturated heterocycles. The molecular weight excluding hydrogens is 709 g/mol. The van der Waals surface area contributed by atoms with Crippen molar-refractivity contribution in [3.05, 3.63) is 23.3 Å². The van der Waals surface area contributed by atoms with Gasteiger partial charge in [-0.25, -0.2) is 10.1 Å². The van der Waals surface area contributed by atoms with Crippen LogP contribution < -0.4 is 21.3 Å². The van der Waals surface area contributed by atoms with Crippen molar-refractivity contribution in [1.82, 2.24) is 5.32 Å². The number of Topliss-reactive ketones (excluding diaryl/α,β-unsaturated/α-hetero) is 2. The van der Waals surface area contributed by atoms with Gasteiger partial charge in [0.15, 0.2) is 17.2 Å². The second kappa shape index (κ2) is 19.4. The summed E-state index contributed by atoms with van der Waals surface area (Å²) < 4.78 is 13.2. The van der Waals surface area contributed by atoms with Gasteiger partial charge in [-0.15, -0.1) is 0 Å². The van der Waals surface area contributed by atoms with E-state index in [0.717, 1.165) is 96.0 Å². The molecule has 3 saturated carbocycles. The number of piperidine rings is 1. The van der Waals surface area contributed by atoms with Gasteiger partial charge in [-0.1, -0.05) is 38.0 Å². The largest absolute Gasteiger partial charge is 0.459 e. The predicted molar refractivity (Wildman–Crippen MR) is 214 cm³/mol. The number of allylic oxidation sites excluding steroid dienone is 3. The van der Waals surface area contributed by atoms with Crippen molar-refractivity contribution in [2.45, 2.75) is 154 Å². The molecule has 6 rings (SSSR count). The van der Waals surface area contributed by atoms with Gasteiger partial charge in [0.05, 0.1) is 32.8 Å². The number of carbonyl (C=O) groups is 3. The summed E-state index contributed by atoms with van der Waals surface area (Å²) in [6.07, 6.45) is 16.9. The van der Waals surface area contributed by atoms with Crippen LogP contribution in [0.5, 0.6) is 0 Å². The summed E-state index contributed by atoms with van der Waals surface area (Å²) in [5.41, 5.74) is -1.94. The van der Waals surface area contributed by atoms with Crippen molar-refractivity contribution < 1.29 is 50.0 Å². The molecule has 0 radical (unpaired) electrons. The maximum Gasteiger partial charge on any atom is 0.350 e. The van der Waals surface area contributed by atoms with E-state index in [4.69, 9.17) is 9.47 Å². The molecule has 11 nitrogen and oxygen atoms in total. The maximum absolute atomic E-state index is 15.2. The SMILES string of the molecule is CC[NH2+]C1CC2C=CCCC2CC1C(CCCO)OC(=O)C12OC1(CC(CO)=C(C)CCC1CC[NH2+]C(NC[NH2+]C)C1)C(=O)C1CCCC(CC(C)C)C1C2=O. The van der Waals surface area contributed by atoms with Crippen LogP contribution in [0.3, 0.4) is 0 Å². The minimum Gasteiger partial charge on any atom is -0.459 e. The Hall–Kier alpha value is -1.99. The third kappa shape index (κ3) is 8.94. The summed E-state index contributed by atoms with van der Waals surface area (Å²) in [5.74, 6) is -0.191. The highest BCUT2D eigenvalue weighted by molar-refractivity contribution is 6.23. The number of epoxide rings is 1. The Morgan fingerprint density at radius 1 is 1.12 bits per heavy atom. The molecule has 0 aromatic carbocycles. The topological polar surface area (TPSA) is 175 Å². The molecule has 0 amide bonds. The van der Waals surface area contributed by atoms with Crippen molar-refractivity contribution in [3.8, 4) is 0 Å². The summed E-state index contributed by atoms with van der Waals surface area (Å²) in [6, 6.07) is 0.245. The fourth-order valence-electron chi connectivity index (χ4n) is 12.1. The number of nitrogens with two attached hydrogens (primary N) is 3. The Morgan fingerprint density at radius 3 is 2.68 bits per heavy atom. The Kier molecular flexibility index (Phi) is 15.1. The predicted octanol–water partition coefficient (Wildman–Crippen LogP) is 1.87. The van der Waals surface area contributed by atoms with Crippen LogP contribution in [0.1, 0.15) is 124 Å². The van der Waals surface area contributed by atoms with Crippen LogP contribution in [0.25, 0.3) is 0 Å². The van der Waals surface area contributed by atoms with Crippen LogP contribution >= 0.6 is 0 Å². The molecule has 9 N–H and O–H groups in total. The van der Waals surface area contributed by atoms with Gasteiger partial charge in [0.25, 0.3) is 5.60 Å². The number of quaternary nitrogens is 3. The molecule has 0 bridgehead atoms. The highest BCUT2D eigenvalue weighted by Crippen LogP contribution is 2.63. The molecular formula is C45H77N4O7+3. The monoisotopic (exact) mass is 786 g/mol. The van der Waals surface area contributed by atoms with E-state index in [-0.39, 0.29) is 49.1 Å². The average molecular weight is 786 g/mol. The van der Waals surface area contributed by atoms with E-state index >= 15 is 14.4 Å². The van der Waals surface area contributed by atoms with E-state index in [0.29, 0.717) is 54.7 Å². The quantitative estimate of drug-likeness (QED) is 0.0379. The number of aliphatic hydroxyl groups excluding tert-OH is 2. The van der Waals surface area contributed by atoms with Crippen LogP contribution in [-0.4, -0.2) is 97.3 Å². The van der Waals surface area contributed by atoms with Crippen LogP contribution in [0, 0.1) is 47.3 Å². The number of ketones is 2. The lowest BCUT2D eigenvalue weighted by molar-refractivity contribution is -0.716. The fraction of sp³-hybridized carbons (Fsp3) is 0.844. The zero-order valence-corrected chi connectivity index (χ0v) is 35.3. The molecule has 11 heteroatoms. The van der Waals surface area contributed by atoms with E-state index in [1.54, 1.807) is 0 Å². The van der Waals surface area contributed by atoms with Gasteiger partial charge in [0.2, 0.25) is 0 Å². The van der Waals surface area contributed by atoms with E-state index in [9.17, 15) is 10.2 Å². The van der Waals surface area contributed by atoms with Crippen LogP contribution in [0.2, 0.25) is 0 Å². The standard InChI is InChI=1S/C45H74N4O7/c1-6-47-37-24-32-12-8-7-11-31(32)23-36(37)38(15-10-20-50)55-43(54)45-42(53)40-33(21-28(2)3)13-9-14-35(40)41(52)44(45,56-45)25-34(26-51)29(4)16-17-30-18-19-48-39(22-30)49-27-46-5/h8,12,28,30-33,35-40,46-51H,6-7,9-11,13-27H2,1-5H3/p+3. The number of fused-ring (bicyclic) bond motifs is 3. The smallest absolute Gasteiger partial charge is 0.350 e. The van der Waals surface area contributed by atoms with Crippen molar-refractivity contribution in [3.63, 3.8) is 0 Å². The minimum atomic E-state index is -2.00. The maximum atomic E-state index is 15.2. The highest BCUT2D eigenvalue weighted by Gasteiger charge is 2.87. The van der Waals surface area contributed by atoms with Gasteiger partial charge in [-0.2, -0.15) is 0 Å². The molecule has 2 aliphatic heterocycles. The van der Waals surface area contributed by atoms with Gasteiger partial charge in [-0.05, 0) is 120 Å². The van der Waals surface area contributed by atoms with Crippen LogP contribution in [0.15, 0.2) is 23.3 Å².